The van der Waals surface area contributed by atoms with E-state index in [-0.39, 0.29) is 11.6 Å². The Morgan fingerprint density at radius 1 is 1.47 bits per heavy atom. The van der Waals surface area contributed by atoms with E-state index < -0.39 is 16.3 Å². The summed E-state index contributed by atoms with van der Waals surface area (Å²) < 4.78 is 37.4. The zero-order valence-corrected chi connectivity index (χ0v) is 10.9. The first-order chi connectivity index (χ1) is 8.03. The molecule has 0 fully saturated rings. The fourth-order valence-electron chi connectivity index (χ4n) is 1.17. The maximum absolute atomic E-state index is 11.8. The number of rotatable bonds is 7. The summed E-state index contributed by atoms with van der Waals surface area (Å²) >= 11 is 0. The molecule has 98 valence electrons. The number of hydrogen-bond acceptors (Lipinski definition) is 5. The number of nitrogens with zero attached hydrogens (tertiary/aromatic N) is 2. The van der Waals surface area contributed by atoms with Gasteiger partial charge in [-0.25, -0.2) is 18.1 Å². The summed E-state index contributed by atoms with van der Waals surface area (Å²) in [6.07, 6.45) is 2.33. The van der Waals surface area contributed by atoms with Crippen LogP contribution in [-0.4, -0.2) is 45.0 Å². The van der Waals surface area contributed by atoms with E-state index in [9.17, 15) is 8.42 Å². The van der Waals surface area contributed by atoms with Crippen LogP contribution in [0.3, 0.4) is 0 Å². The molecule has 0 amide bonds. The molecule has 7 nitrogen and oxygen atoms in total. The van der Waals surface area contributed by atoms with Crippen LogP contribution in [0.1, 0.15) is 6.92 Å². The Hall–Kier alpha value is -0.960. The Morgan fingerprint density at radius 3 is 2.59 bits per heavy atom. The molecule has 0 saturated carbocycles. The molecule has 0 spiro atoms. The predicted molar refractivity (Wildman–Crippen MR) is 60.9 cm³/mol. The minimum Gasteiger partial charge on any atom is -0.355 e. The van der Waals surface area contributed by atoms with Gasteiger partial charge in [0.2, 0.25) is 0 Å². The van der Waals surface area contributed by atoms with Gasteiger partial charge in [0.15, 0.2) is 11.3 Å². The van der Waals surface area contributed by atoms with Crippen LogP contribution in [0.25, 0.3) is 0 Å². The quantitative estimate of drug-likeness (QED) is 0.689. The summed E-state index contributed by atoms with van der Waals surface area (Å²) in [5.41, 5.74) is 0. The van der Waals surface area contributed by atoms with Crippen LogP contribution in [0.5, 0.6) is 0 Å². The van der Waals surface area contributed by atoms with Crippen LogP contribution in [0.15, 0.2) is 17.6 Å². The number of imidazole rings is 1. The largest absolute Gasteiger partial charge is 0.355 e. The standard InChI is InChI=1S/C9H17N3O4S/c1-4-12-6-8(10-7-12)17(13,14)11-5-9(15-2)16-3/h6-7,9,11H,4-5H2,1-3H3. The maximum atomic E-state index is 11.8. The molecule has 0 saturated heterocycles. The van der Waals surface area contributed by atoms with Crippen LogP contribution in [0, 0.1) is 0 Å². The van der Waals surface area contributed by atoms with Crippen LogP contribution in [0.2, 0.25) is 0 Å². The minimum atomic E-state index is -3.61. The minimum absolute atomic E-state index is 0.00898. The molecule has 1 heterocycles. The van der Waals surface area contributed by atoms with Crippen LogP contribution in [-0.2, 0) is 26.0 Å². The molecule has 0 aliphatic heterocycles. The van der Waals surface area contributed by atoms with Gasteiger partial charge in [-0.1, -0.05) is 0 Å². The number of hydrogen-bond donors (Lipinski definition) is 1. The lowest BCUT2D eigenvalue weighted by Crippen LogP contribution is -2.34. The molecule has 0 aliphatic rings. The van der Waals surface area contributed by atoms with Gasteiger partial charge in [0.25, 0.3) is 10.0 Å². The number of nitrogens with one attached hydrogen (secondary N) is 1. The second kappa shape index (κ2) is 6.10. The first kappa shape index (κ1) is 14.1. The van der Waals surface area contributed by atoms with Gasteiger partial charge in [0, 0.05) is 27.0 Å². The average Bonchev–Trinajstić information content (AvgIpc) is 2.79. The second-order valence-electron chi connectivity index (χ2n) is 3.30. The van der Waals surface area contributed by atoms with Gasteiger partial charge in [-0.05, 0) is 6.92 Å². The molecule has 0 aromatic carbocycles. The number of methoxy groups -OCH3 is 2. The van der Waals surface area contributed by atoms with Crippen LogP contribution >= 0.6 is 0 Å². The maximum Gasteiger partial charge on any atom is 0.259 e. The normalized spacial score (nSPS) is 12.2. The number of aromatic nitrogens is 2. The Balaban J connectivity index is 2.68. The van der Waals surface area contributed by atoms with E-state index in [0.717, 1.165) is 0 Å². The fourth-order valence-corrected chi connectivity index (χ4v) is 2.13. The molecule has 0 unspecified atom stereocenters. The van der Waals surface area contributed by atoms with E-state index >= 15 is 0 Å². The summed E-state index contributed by atoms with van der Waals surface area (Å²) in [5.74, 6) is 0. The summed E-state index contributed by atoms with van der Waals surface area (Å²) in [7, 11) is -0.729. The zero-order valence-electron chi connectivity index (χ0n) is 10.1. The SMILES string of the molecule is CCn1cnc(S(=O)(=O)NCC(OC)OC)c1. The van der Waals surface area contributed by atoms with Gasteiger partial charge in [-0.15, -0.1) is 0 Å². The van der Waals surface area contributed by atoms with Crippen LogP contribution < -0.4 is 4.72 Å². The Labute approximate surface area is 101 Å². The topological polar surface area (TPSA) is 82.5 Å². The van der Waals surface area contributed by atoms with Crippen molar-refractivity contribution < 1.29 is 17.9 Å². The van der Waals surface area contributed by atoms with Gasteiger partial charge in [-0.2, -0.15) is 0 Å². The van der Waals surface area contributed by atoms with Gasteiger partial charge < -0.3 is 14.0 Å². The molecule has 1 aromatic rings. The lowest BCUT2D eigenvalue weighted by atomic mass is 10.6. The molecule has 0 atom stereocenters. The summed E-state index contributed by atoms with van der Waals surface area (Å²) in [6, 6.07) is 0. The van der Waals surface area contributed by atoms with Crippen molar-refractivity contribution in [3.05, 3.63) is 12.5 Å². The van der Waals surface area contributed by atoms with E-state index in [0.29, 0.717) is 6.54 Å². The van der Waals surface area contributed by atoms with Crippen molar-refractivity contribution in [2.45, 2.75) is 24.8 Å². The third-order valence-electron chi connectivity index (χ3n) is 2.22. The van der Waals surface area contributed by atoms with Crippen molar-refractivity contribution in [2.24, 2.45) is 0 Å². The van der Waals surface area contributed by atoms with Gasteiger partial charge in [0.05, 0.1) is 12.9 Å². The molecule has 1 aromatic heterocycles. The highest BCUT2D eigenvalue weighted by molar-refractivity contribution is 7.89. The highest BCUT2D eigenvalue weighted by Gasteiger charge is 2.18. The van der Waals surface area contributed by atoms with Crippen molar-refractivity contribution >= 4 is 10.0 Å². The van der Waals surface area contributed by atoms with E-state index in [4.69, 9.17) is 9.47 Å². The third-order valence-corrected chi connectivity index (χ3v) is 3.52. The molecule has 8 heteroatoms. The highest BCUT2D eigenvalue weighted by Crippen LogP contribution is 2.05. The smallest absolute Gasteiger partial charge is 0.259 e. The average molecular weight is 263 g/mol. The highest BCUT2D eigenvalue weighted by atomic mass is 32.2. The Bertz CT molecular complexity index is 439. The van der Waals surface area contributed by atoms with Crippen molar-refractivity contribution in [3.63, 3.8) is 0 Å². The van der Waals surface area contributed by atoms with Crippen LogP contribution in [0.4, 0.5) is 0 Å². The van der Waals surface area contributed by atoms with Gasteiger partial charge >= 0.3 is 0 Å². The van der Waals surface area contributed by atoms with Crippen molar-refractivity contribution in [2.75, 3.05) is 20.8 Å². The monoisotopic (exact) mass is 263 g/mol. The number of aryl methyl sites for hydroxylation is 1. The predicted octanol–water partition coefficient (Wildman–Crippen LogP) is -0.200. The third kappa shape index (κ3) is 3.77. The second-order valence-corrected chi connectivity index (χ2v) is 5.01. The van der Waals surface area contributed by atoms with E-state index in [1.54, 1.807) is 4.57 Å². The summed E-state index contributed by atoms with van der Waals surface area (Å²) in [5, 5.41) is -0.00898. The van der Waals surface area contributed by atoms with Crippen molar-refractivity contribution in [1.29, 1.82) is 0 Å². The van der Waals surface area contributed by atoms with E-state index in [2.05, 4.69) is 9.71 Å². The molecular weight excluding hydrogens is 246 g/mol. The first-order valence-corrected chi connectivity index (χ1v) is 6.58. The summed E-state index contributed by atoms with van der Waals surface area (Å²) in [6.45, 7) is 2.60. The van der Waals surface area contributed by atoms with E-state index in [1.165, 1.54) is 26.7 Å². The number of sulfonamides is 1. The van der Waals surface area contributed by atoms with E-state index in [1.807, 2.05) is 6.92 Å². The van der Waals surface area contributed by atoms with Gasteiger partial charge in [0.1, 0.15) is 0 Å². The molecule has 0 aliphatic carbocycles. The fraction of sp³-hybridized carbons (Fsp3) is 0.667. The van der Waals surface area contributed by atoms with Gasteiger partial charge in [-0.3, -0.25) is 0 Å². The molecule has 0 bridgehead atoms. The molecule has 1 rings (SSSR count). The molecule has 1 N–H and O–H groups in total. The first-order valence-electron chi connectivity index (χ1n) is 5.10. The Kier molecular flexibility index (Phi) is 5.06. The number of ether oxygens (including phenoxy) is 2. The molecular formula is C9H17N3O4S. The lowest BCUT2D eigenvalue weighted by molar-refractivity contribution is -0.0960. The Morgan fingerprint density at radius 2 is 2.12 bits per heavy atom. The van der Waals surface area contributed by atoms with Crippen molar-refractivity contribution in [1.82, 2.24) is 14.3 Å². The molecule has 17 heavy (non-hydrogen) atoms. The lowest BCUT2D eigenvalue weighted by Gasteiger charge is -2.13. The molecule has 0 radical (unpaired) electrons. The summed E-state index contributed by atoms with van der Waals surface area (Å²) in [4.78, 5) is 3.82. The zero-order chi connectivity index (χ0) is 12.9. The van der Waals surface area contributed by atoms with Crippen molar-refractivity contribution in [3.8, 4) is 0 Å².